The van der Waals surface area contributed by atoms with Gasteiger partial charge in [-0.25, -0.2) is 9.79 Å². The second-order valence-electron chi connectivity index (χ2n) is 9.69. The van der Waals surface area contributed by atoms with Gasteiger partial charge < -0.3 is 9.47 Å². The van der Waals surface area contributed by atoms with Crippen LogP contribution in [0.2, 0.25) is 0 Å². The SMILES string of the molecule is CCOC(=O)C1=C(c2ccccc2)N=c2s/c(=C/c3cccc(OCc4ccccc4)c3)c(=O)n2[C@H]1c1ccccc1. The van der Waals surface area contributed by atoms with E-state index in [4.69, 9.17) is 14.5 Å². The summed E-state index contributed by atoms with van der Waals surface area (Å²) in [6, 6.07) is 36.0. The van der Waals surface area contributed by atoms with Crippen molar-refractivity contribution in [1.29, 1.82) is 0 Å². The minimum atomic E-state index is -0.695. The molecule has 0 aliphatic carbocycles. The van der Waals surface area contributed by atoms with Crippen LogP contribution in [0.3, 0.4) is 0 Å². The van der Waals surface area contributed by atoms with Crippen molar-refractivity contribution in [2.75, 3.05) is 6.61 Å². The number of ether oxygens (including phenoxy) is 2. The number of carbonyl (C=O) groups is 1. The number of carbonyl (C=O) groups excluding carboxylic acids is 1. The zero-order valence-electron chi connectivity index (χ0n) is 23.0. The van der Waals surface area contributed by atoms with Crippen LogP contribution in [0, 0.1) is 0 Å². The number of nitrogens with zero attached hydrogens (tertiary/aromatic N) is 2. The van der Waals surface area contributed by atoms with Gasteiger partial charge in [-0.05, 0) is 41.8 Å². The topological polar surface area (TPSA) is 69.9 Å². The van der Waals surface area contributed by atoms with Gasteiger partial charge in [-0.2, -0.15) is 0 Å². The van der Waals surface area contributed by atoms with Crippen LogP contribution in [0.5, 0.6) is 5.75 Å². The first-order chi connectivity index (χ1) is 20.6. The number of aromatic nitrogens is 1. The van der Waals surface area contributed by atoms with Gasteiger partial charge in [-0.1, -0.05) is 114 Å². The number of hydrogen-bond donors (Lipinski definition) is 0. The highest BCUT2D eigenvalue weighted by molar-refractivity contribution is 7.07. The van der Waals surface area contributed by atoms with Gasteiger partial charge in [-0.15, -0.1) is 0 Å². The molecule has 5 aromatic rings. The van der Waals surface area contributed by atoms with Crippen molar-refractivity contribution in [1.82, 2.24) is 4.57 Å². The van der Waals surface area contributed by atoms with Crippen molar-refractivity contribution in [3.8, 4) is 5.75 Å². The largest absolute Gasteiger partial charge is 0.489 e. The first-order valence-corrected chi connectivity index (χ1v) is 14.5. The molecule has 1 aliphatic rings. The Labute approximate surface area is 247 Å². The smallest absolute Gasteiger partial charge is 0.338 e. The summed E-state index contributed by atoms with van der Waals surface area (Å²) in [6.45, 7) is 2.42. The summed E-state index contributed by atoms with van der Waals surface area (Å²) in [7, 11) is 0. The Hall–Kier alpha value is -5.01. The lowest BCUT2D eigenvalue weighted by molar-refractivity contribution is -0.138. The van der Waals surface area contributed by atoms with Crippen LogP contribution < -0.4 is 19.6 Å². The normalized spacial score (nSPS) is 14.7. The molecule has 2 heterocycles. The molecule has 42 heavy (non-hydrogen) atoms. The van der Waals surface area contributed by atoms with Crippen molar-refractivity contribution in [3.05, 3.63) is 163 Å². The third-order valence-corrected chi connectivity index (χ3v) is 7.88. The van der Waals surface area contributed by atoms with E-state index in [0.29, 0.717) is 33.0 Å². The van der Waals surface area contributed by atoms with Gasteiger partial charge in [-0.3, -0.25) is 9.36 Å². The number of hydrogen-bond acceptors (Lipinski definition) is 6. The Kier molecular flexibility index (Phi) is 7.92. The maximum atomic E-state index is 14.0. The van der Waals surface area contributed by atoms with Crippen LogP contribution in [0.15, 0.2) is 131 Å². The predicted octanol–water partition coefficient (Wildman–Crippen LogP) is 5.51. The Bertz CT molecular complexity index is 1930. The van der Waals surface area contributed by atoms with Gasteiger partial charge >= 0.3 is 5.97 Å². The third-order valence-electron chi connectivity index (χ3n) is 6.89. The number of fused-ring (bicyclic) bond motifs is 1. The van der Waals surface area contributed by atoms with Crippen LogP contribution in [-0.4, -0.2) is 17.1 Å². The van der Waals surface area contributed by atoms with Crippen LogP contribution >= 0.6 is 11.3 Å². The van der Waals surface area contributed by atoms with Crippen molar-refractivity contribution in [3.63, 3.8) is 0 Å². The van der Waals surface area contributed by atoms with Crippen molar-refractivity contribution >= 4 is 29.1 Å². The highest BCUT2D eigenvalue weighted by atomic mass is 32.1. The molecule has 0 spiro atoms. The van der Waals surface area contributed by atoms with Crippen molar-refractivity contribution in [2.24, 2.45) is 4.99 Å². The summed E-state index contributed by atoms with van der Waals surface area (Å²) in [4.78, 5) is 33.0. The van der Waals surface area contributed by atoms with E-state index in [1.54, 1.807) is 11.5 Å². The average Bonchev–Trinajstić information content (AvgIpc) is 3.35. The lowest BCUT2D eigenvalue weighted by Crippen LogP contribution is -2.39. The quantitative estimate of drug-likeness (QED) is 0.230. The molecule has 208 valence electrons. The monoisotopic (exact) mass is 572 g/mol. The second-order valence-corrected chi connectivity index (χ2v) is 10.7. The predicted molar refractivity (Wildman–Crippen MR) is 165 cm³/mol. The molecule has 0 saturated carbocycles. The summed E-state index contributed by atoms with van der Waals surface area (Å²) in [6.07, 6.45) is 1.84. The standard InChI is InChI=1S/C35H28N2O4S/c1-2-40-34(39)30-31(26-16-8-4-9-17-26)36-35-37(32(30)27-18-10-5-11-19-27)33(38)29(42-35)22-25-15-12-20-28(21-25)41-23-24-13-6-3-7-14-24/h3-22,32H,2,23H2,1H3/b29-22+/t32-/m0/s1. The maximum Gasteiger partial charge on any atom is 0.338 e. The lowest BCUT2D eigenvalue weighted by Gasteiger charge is -2.25. The molecule has 0 fully saturated rings. The van der Waals surface area contributed by atoms with Crippen LogP contribution in [0.4, 0.5) is 0 Å². The van der Waals surface area contributed by atoms with E-state index in [2.05, 4.69) is 0 Å². The minimum Gasteiger partial charge on any atom is -0.489 e. The van der Waals surface area contributed by atoms with Crippen molar-refractivity contribution < 1.29 is 14.3 Å². The van der Waals surface area contributed by atoms with Gasteiger partial charge in [0.05, 0.1) is 28.5 Å². The van der Waals surface area contributed by atoms with E-state index >= 15 is 0 Å². The molecule has 1 atom stereocenters. The zero-order valence-corrected chi connectivity index (χ0v) is 23.8. The molecule has 1 aliphatic heterocycles. The van der Waals surface area contributed by atoms with Gasteiger partial charge in [0.25, 0.3) is 5.56 Å². The van der Waals surface area contributed by atoms with Gasteiger partial charge in [0.2, 0.25) is 0 Å². The summed E-state index contributed by atoms with van der Waals surface area (Å²) in [5.41, 5.74) is 4.10. The number of thiazole rings is 1. The fraction of sp³-hybridized carbons (Fsp3) is 0.114. The van der Waals surface area contributed by atoms with E-state index in [0.717, 1.165) is 22.3 Å². The van der Waals surface area contributed by atoms with Gasteiger partial charge in [0.1, 0.15) is 12.4 Å². The van der Waals surface area contributed by atoms with Crippen LogP contribution in [-0.2, 0) is 16.1 Å². The molecule has 0 N–H and O–H groups in total. The molecule has 0 bridgehead atoms. The molecule has 1 aromatic heterocycles. The van der Waals surface area contributed by atoms with E-state index in [1.807, 2.05) is 121 Å². The molecule has 4 aromatic carbocycles. The Morgan fingerprint density at radius 3 is 2.31 bits per heavy atom. The molecule has 0 radical (unpaired) electrons. The summed E-state index contributed by atoms with van der Waals surface area (Å²) < 4.78 is 13.6. The molecule has 0 unspecified atom stereocenters. The average molecular weight is 573 g/mol. The first-order valence-electron chi connectivity index (χ1n) is 13.7. The Morgan fingerprint density at radius 1 is 0.905 bits per heavy atom. The van der Waals surface area contributed by atoms with Gasteiger partial charge in [0, 0.05) is 5.56 Å². The maximum absolute atomic E-state index is 14.0. The van der Waals surface area contributed by atoms with Gasteiger partial charge in [0.15, 0.2) is 4.80 Å². The van der Waals surface area contributed by atoms with E-state index in [-0.39, 0.29) is 12.2 Å². The lowest BCUT2D eigenvalue weighted by atomic mass is 9.93. The molecule has 0 saturated heterocycles. The molecular weight excluding hydrogens is 544 g/mol. The first kappa shape index (κ1) is 27.2. The van der Waals surface area contributed by atoms with E-state index < -0.39 is 12.0 Å². The van der Waals surface area contributed by atoms with Crippen LogP contribution in [0.1, 0.15) is 35.2 Å². The van der Waals surface area contributed by atoms with E-state index in [9.17, 15) is 9.59 Å². The number of esters is 1. The summed E-state index contributed by atoms with van der Waals surface area (Å²) in [5, 5.41) is 0. The molecular formula is C35H28N2O4S. The fourth-order valence-electron chi connectivity index (χ4n) is 4.98. The minimum absolute atomic E-state index is 0.207. The second kappa shape index (κ2) is 12.2. The molecule has 0 amide bonds. The Morgan fingerprint density at radius 2 is 1.60 bits per heavy atom. The number of benzene rings is 4. The fourth-order valence-corrected chi connectivity index (χ4v) is 5.98. The van der Waals surface area contributed by atoms with Crippen LogP contribution in [0.25, 0.3) is 11.8 Å². The molecule has 6 nitrogen and oxygen atoms in total. The summed E-state index contributed by atoms with van der Waals surface area (Å²) in [5.74, 6) is 0.213. The highest BCUT2D eigenvalue weighted by Gasteiger charge is 2.35. The zero-order chi connectivity index (χ0) is 28.9. The third kappa shape index (κ3) is 5.60. The van der Waals surface area contributed by atoms with E-state index in [1.165, 1.54) is 11.3 Å². The number of rotatable bonds is 8. The summed E-state index contributed by atoms with van der Waals surface area (Å²) >= 11 is 1.30. The molecule has 6 rings (SSSR count). The highest BCUT2D eigenvalue weighted by Crippen LogP contribution is 2.35. The Balaban J connectivity index is 1.48. The van der Waals surface area contributed by atoms with Crippen molar-refractivity contribution in [2.45, 2.75) is 19.6 Å². The molecule has 7 heteroatoms.